The van der Waals surface area contributed by atoms with Crippen molar-refractivity contribution in [1.82, 2.24) is 5.32 Å². The van der Waals surface area contributed by atoms with Crippen LogP contribution in [0.25, 0.3) is 0 Å². The van der Waals surface area contributed by atoms with Crippen LogP contribution in [0.3, 0.4) is 0 Å². The first kappa shape index (κ1) is 13.3. The smallest absolute Gasteiger partial charge is 0.123 e. The van der Waals surface area contributed by atoms with Crippen LogP contribution in [0, 0.1) is 17.1 Å². The van der Waals surface area contributed by atoms with Gasteiger partial charge >= 0.3 is 0 Å². The Bertz CT molecular complexity index is 584. The predicted octanol–water partition coefficient (Wildman–Crippen LogP) is 3.55. The van der Waals surface area contributed by atoms with Crippen LogP contribution in [0.5, 0.6) is 0 Å². The van der Waals surface area contributed by atoms with Gasteiger partial charge in [0.15, 0.2) is 0 Å². The summed E-state index contributed by atoms with van der Waals surface area (Å²) in [4.78, 5) is 0. The molecule has 0 heterocycles. The van der Waals surface area contributed by atoms with Crippen molar-refractivity contribution in [3.8, 4) is 6.07 Å². The molecule has 96 valence electrons. The van der Waals surface area contributed by atoms with Crippen molar-refractivity contribution >= 4 is 0 Å². The predicted molar refractivity (Wildman–Crippen MR) is 72.8 cm³/mol. The number of halogens is 1. The molecule has 2 rings (SSSR count). The molecule has 1 atom stereocenters. The van der Waals surface area contributed by atoms with Crippen LogP contribution in [0.15, 0.2) is 48.5 Å². The van der Waals surface area contributed by atoms with E-state index in [1.54, 1.807) is 18.2 Å². The van der Waals surface area contributed by atoms with Crippen molar-refractivity contribution in [2.24, 2.45) is 0 Å². The molecule has 0 saturated heterocycles. The van der Waals surface area contributed by atoms with Crippen molar-refractivity contribution in [3.05, 3.63) is 71.0 Å². The fraction of sp³-hybridized carbons (Fsp3) is 0.188. The second kappa shape index (κ2) is 6.12. The van der Waals surface area contributed by atoms with Gasteiger partial charge in [-0.15, -0.1) is 0 Å². The minimum atomic E-state index is -0.217. The molecule has 0 bridgehead atoms. The van der Waals surface area contributed by atoms with Gasteiger partial charge in [-0.1, -0.05) is 24.3 Å². The lowest BCUT2D eigenvalue weighted by atomic mass is 10.1. The lowest BCUT2D eigenvalue weighted by molar-refractivity contribution is 0.569. The molecule has 0 aliphatic heterocycles. The maximum absolute atomic E-state index is 13.0. The second-order valence-corrected chi connectivity index (χ2v) is 4.47. The standard InChI is InChI=1S/C16H15FN2/c1-12(15-7-5-13(10-18)6-8-15)19-11-14-3-2-4-16(17)9-14/h2-9,12,19H,11H2,1H3. The highest BCUT2D eigenvalue weighted by Gasteiger charge is 2.05. The van der Waals surface area contributed by atoms with Crippen molar-refractivity contribution in [3.63, 3.8) is 0 Å². The van der Waals surface area contributed by atoms with Gasteiger partial charge in [-0.2, -0.15) is 5.26 Å². The number of hydrogen-bond acceptors (Lipinski definition) is 2. The first-order chi connectivity index (χ1) is 9.19. The molecule has 0 spiro atoms. The summed E-state index contributed by atoms with van der Waals surface area (Å²) in [6, 6.07) is 16.3. The molecular weight excluding hydrogens is 239 g/mol. The Kier molecular flexibility index (Phi) is 4.27. The van der Waals surface area contributed by atoms with Gasteiger partial charge < -0.3 is 5.32 Å². The SMILES string of the molecule is CC(NCc1cccc(F)c1)c1ccc(C#N)cc1. The summed E-state index contributed by atoms with van der Waals surface area (Å²) in [5.74, 6) is -0.217. The summed E-state index contributed by atoms with van der Waals surface area (Å²) in [5.41, 5.74) is 2.68. The summed E-state index contributed by atoms with van der Waals surface area (Å²) in [6.07, 6.45) is 0. The van der Waals surface area contributed by atoms with E-state index in [9.17, 15) is 4.39 Å². The molecule has 2 aromatic rings. The fourth-order valence-electron chi connectivity index (χ4n) is 1.88. The van der Waals surface area contributed by atoms with Gasteiger partial charge in [0.1, 0.15) is 5.82 Å². The average Bonchev–Trinajstić information content (AvgIpc) is 2.45. The fourth-order valence-corrected chi connectivity index (χ4v) is 1.88. The summed E-state index contributed by atoms with van der Waals surface area (Å²) in [6.45, 7) is 2.65. The van der Waals surface area contributed by atoms with E-state index in [-0.39, 0.29) is 11.9 Å². The Labute approximate surface area is 112 Å². The van der Waals surface area contributed by atoms with Gasteiger partial charge in [0.25, 0.3) is 0 Å². The molecule has 0 fully saturated rings. The minimum Gasteiger partial charge on any atom is -0.306 e. The van der Waals surface area contributed by atoms with E-state index in [2.05, 4.69) is 11.4 Å². The number of nitriles is 1. The van der Waals surface area contributed by atoms with Crippen LogP contribution in [0.4, 0.5) is 4.39 Å². The first-order valence-corrected chi connectivity index (χ1v) is 6.17. The topological polar surface area (TPSA) is 35.8 Å². The van der Waals surface area contributed by atoms with Gasteiger partial charge in [-0.05, 0) is 42.3 Å². The third-order valence-corrected chi connectivity index (χ3v) is 3.04. The van der Waals surface area contributed by atoms with Gasteiger partial charge in [0, 0.05) is 12.6 Å². The van der Waals surface area contributed by atoms with E-state index in [0.29, 0.717) is 12.1 Å². The van der Waals surface area contributed by atoms with Crippen LogP contribution in [0.1, 0.15) is 29.7 Å². The Hall–Kier alpha value is -2.18. The van der Waals surface area contributed by atoms with Crippen LogP contribution in [-0.2, 0) is 6.54 Å². The van der Waals surface area contributed by atoms with E-state index < -0.39 is 0 Å². The van der Waals surface area contributed by atoms with Crippen LogP contribution < -0.4 is 5.32 Å². The molecule has 0 radical (unpaired) electrons. The molecule has 0 aliphatic carbocycles. The van der Waals surface area contributed by atoms with Crippen molar-refractivity contribution in [1.29, 1.82) is 5.26 Å². The minimum absolute atomic E-state index is 0.149. The second-order valence-electron chi connectivity index (χ2n) is 4.47. The summed E-state index contributed by atoms with van der Waals surface area (Å²) in [5, 5.41) is 12.1. The van der Waals surface area contributed by atoms with E-state index in [4.69, 9.17) is 5.26 Å². The molecule has 0 aliphatic rings. The first-order valence-electron chi connectivity index (χ1n) is 6.17. The van der Waals surface area contributed by atoms with Gasteiger partial charge in [-0.3, -0.25) is 0 Å². The van der Waals surface area contributed by atoms with Gasteiger partial charge in [0.2, 0.25) is 0 Å². The monoisotopic (exact) mass is 254 g/mol. The van der Waals surface area contributed by atoms with Crippen LogP contribution in [-0.4, -0.2) is 0 Å². The number of nitrogens with one attached hydrogen (secondary N) is 1. The lowest BCUT2D eigenvalue weighted by Gasteiger charge is -2.14. The Morgan fingerprint density at radius 2 is 1.95 bits per heavy atom. The molecule has 0 amide bonds. The largest absolute Gasteiger partial charge is 0.306 e. The summed E-state index contributed by atoms with van der Waals surface area (Å²) >= 11 is 0. The zero-order valence-electron chi connectivity index (χ0n) is 10.7. The molecule has 0 saturated carbocycles. The Balaban J connectivity index is 1.97. The molecule has 1 unspecified atom stereocenters. The molecule has 2 nitrogen and oxygen atoms in total. The Morgan fingerprint density at radius 1 is 1.21 bits per heavy atom. The molecule has 0 aromatic heterocycles. The highest BCUT2D eigenvalue weighted by molar-refractivity contribution is 5.32. The molecular formula is C16H15FN2. The number of benzene rings is 2. The molecule has 1 N–H and O–H groups in total. The quantitative estimate of drug-likeness (QED) is 0.905. The zero-order valence-corrected chi connectivity index (χ0v) is 10.7. The van der Waals surface area contributed by atoms with E-state index in [1.165, 1.54) is 12.1 Å². The summed E-state index contributed by atoms with van der Waals surface area (Å²) in [7, 11) is 0. The zero-order chi connectivity index (χ0) is 13.7. The molecule has 3 heteroatoms. The number of rotatable bonds is 4. The maximum Gasteiger partial charge on any atom is 0.123 e. The highest BCUT2D eigenvalue weighted by atomic mass is 19.1. The van der Waals surface area contributed by atoms with Crippen LogP contribution >= 0.6 is 0 Å². The highest BCUT2D eigenvalue weighted by Crippen LogP contribution is 2.14. The normalized spacial score (nSPS) is 11.8. The van der Waals surface area contributed by atoms with E-state index in [1.807, 2.05) is 25.1 Å². The van der Waals surface area contributed by atoms with Gasteiger partial charge in [0.05, 0.1) is 11.6 Å². The lowest BCUT2D eigenvalue weighted by Crippen LogP contribution is -2.18. The van der Waals surface area contributed by atoms with Gasteiger partial charge in [-0.25, -0.2) is 4.39 Å². The van der Waals surface area contributed by atoms with Crippen molar-refractivity contribution in [2.45, 2.75) is 19.5 Å². The third-order valence-electron chi connectivity index (χ3n) is 3.04. The van der Waals surface area contributed by atoms with Crippen LogP contribution in [0.2, 0.25) is 0 Å². The van der Waals surface area contributed by atoms with E-state index in [0.717, 1.165) is 11.1 Å². The number of nitrogens with zero attached hydrogens (tertiary/aromatic N) is 1. The molecule has 19 heavy (non-hydrogen) atoms. The van der Waals surface area contributed by atoms with Crippen molar-refractivity contribution < 1.29 is 4.39 Å². The number of hydrogen-bond donors (Lipinski definition) is 1. The third kappa shape index (κ3) is 3.64. The Morgan fingerprint density at radius 3 is 2.58 bits per heavy atom. The van der Waals surface area contributed by atoms with Crippen molar-refractivity contribution in [2.75, 3.05) is 0 Å². The molecule has 2 aromatic carbocycles. The summed E-state index contributed by atoms with van der Waals surface area (Å²) < 4.78 is 13.0. The maximum atomic E-state index is 13.0. The van der Waals surface area contributed by atoms with E-state index >= 15 is 0 Å². The average molecular weight is 254 g/mol.